The van der Waals surface area contributed by atoms with Crippen molar-refractivity contribution in [3.63, 3.8) is 0 Å². The predicted octanol–water partition coefficient (Wildman–Crippen LogP) is 17.7. The van der Waals surface area contributed by atoms with Gasteiger partial charge < -0.3 is 0 Å². The van der Waals surface area contributed by atoms with Gasteiger partial charge in [-0.3, -0.25) is 0 Å². The summed E-state index contributed by atoms with van der Waals surface area (Å²) in [5, 5.41) is 0. The number of fused-ring (bicyclic) bond motifs is 10. The highest BCUT2D eigenvalue weighted by atomic mass is 15.0. The minimum Gasteiger partial charge on any atom is -0.228 e. The zero-order valence-electron chi connectivity index (χ0n) is 43.9. The maximum atomic E-state index is 5.41. The fraction of sp³-hybridized carbons (Fsp3) is 0.0395. The van der Waals surface area contributed by atoms with Gasteiger partial charge in [-0.15, -0.1) is 0 Å². The molecule has 0 N–H and O–H groups in total. The average molecular weight is 1030 g/mol. The molecule has 13 aromatic rings. The van der Waals surface area contributed by atoms with Crippen LogP contribution in [0.1, 0.15) is 67.5 Å². The van der Waals surface area contributed by atoms with E-state index in [4.69, 9.17) is 24.9 Å². The van der Waals surface area contributed by atoms with Crippen molar-refractivity contribution in [3.05, 3.63) is 329 Å². The molecule has 5 aliphatic rings. The molecule has 376 valence electrons. The molecule has 0 fully saturated rings. The third-order valence-corrected chi connectivity index (χ3v) is 17.5. The van der Waals surface area contributed by atoms with E-state index in [0.717, 1.165) is 50.3 Å². The van der Waals surface area contributed by atoms with Crippen molar-refractivity contribution in [3.8, 4) is 101 Å². The van der Waals surface area contributed by atoms with Crippen LogP contribution < -0.4 is 0 Å². The highest BCUT2D eigenvalue weighted by Crippen LogP contribution is 2.64. The monoisotopic (exact) mass is 1030 g/mol. The lowest BCUT2D eigenvalue weighted by Gasteiger charge is -2.42. The van der Waals surface area contributed by atoms with Crippen LogP contribution >= 0.6 is 0 Å². The van der Waals surface area contributed by atoms with Crippen LogP contribution in [0, 0.1) is 0 Å². The Balaban J connectivity index is 0.791. The van der Waals surface area contributed by atoms with Gasteiger partial charge in [-0.25, -0.2) is 24.9 Å². The number of rotatable bonds is 7. The lowest BCUT2D eigenvalue weighted by Crippen LogP contribution is -2.27. The first-order valence-corrected chi connectivity index (χ1v) is 27.9. The van der Waals surface area contributed by atoms with E-state index in [0.29, 0.717) is 23.3 Å². The van der Waals surface area contributed by atoms with Gasteiger partial charge in [0.1, 0.15) is 0 Å². The third-order valence-electron chi connectivity index (χ3n) is 17.5. The normalized spacial score (nSPS) is 15.0. The maximum absolute atomic E-state index is 5.41. The Bertz CT molecular complexity index is 4600. The Morgan fingerprint density at radius 2 is 0.580 bits per heavy atom. The lowest BCUT2D eigenvalue weighted by molar-refractivity contribution is 0.754. The van der Waals surface area contributed by atoms with Gasteiger partial charge in [0.05, 0.1) is 16.8 Å². The Morgan fingerprint density at radius 3 is 1.12 bits per heavy atom. The van der Waals surface area contributed by atoms with Gasteiger partial charge in [0.25, 0.3) is 0 Å². The summed E-state index contributed by atoms with van der Waals surface area (Å²) in [7, 11) is 0. The van der Waals surface area contributed by atoms with E-state index in [1.54, 1.807) is 0 Å². The second kappa shape index (κ2) is 17.8. The molecule has 0 saturated carbocycles. The van der Waals surface area contributed by atoms with Gasteiger partial charge in [-0.05, 0) is 113 Å². The smallest absolute Gasteiger partial charge is 0.164 e. The van der Waals surface area contributed by atoms with Crippen molar-refractivity contribution in [2.45, 2.75) is 17.3 Å². The van der Waals surface area contributed by atoms with Gasteiger partial charge in [-0.1, -0.05) is 249 Å². The first-order chi connectivity index (χ1) is 40.2. The quantitative estimate of drug-likeness (QED) is 0.159. The minimum absolute atomic E-state index is 0.0235. The standard InChI is InChI=1S/C76H47N5/c1-4-20-46(21-5-1)72-77-67(50-27-18-26-49(42-50)53-33-19-34-61-56-30-14-17-37-66(56)76(71(53)61)64-35-15-12-28-54(64)55-29-13-16-36-65(55)76)45-68(78-72)51-38-40-59-62(43-51)69-57-31-10-11-32-58(57)70(59)63-44-52(39-41-60(63)69)75-80-73(47-22-6-2-7-23-47)79-74(81-75)48-24-8-3-9-25-48/h1-45,69-70H. The van der Waals surface area contributed by atoms with Gasteiger partial charge in [-0.2, -0.15) is 0 Å². The molecule has 1 spiro atoms. The molecule has 0 aliphatic heterocycles. The van der Waals surface area contributed by atoms with Gasteiger partial charge in [0, 0.05) is 45.2 Å². The summed E-state index contributed by atoms with van der Waals surface area (Å²) in [6.07, 6.45) is 0. The second-order valence-corrected chi connectivity index (χ2v) is 21.7. The minimum atomic E-state index is -0.475. The van der Waals surface area contributed by atoms with Crippen LogP contribution in [0.2, 0.25) is 0 Å². The summed E-state index contributed by atoms with van der Waals surface area (Å²) in [6, 6.07) is 98.9. The first-order valence-electron chi connectivity index (χ1n) is 27.9. The Labute approximate surface area is 469 Å². The summed E-state index contributed by atoms with van der Waals surface area (Å²) < 4.78 is 0. The van der Waals surface area contributed by atoms with E-state index in [-0.39, 0.29) is 11.8 Å². The first kappa shape index (κ1) is 45.5. The molecule has 18 rings (SSSR count). The van der Waals surface area contributed by atoms with Crippen LogP contribution in [0.25, 0.3) is 101 Å². The molecule has 2 bridgehead atoms. The van der Waals surface area contributed by atoms with Crippen molar-refractivity contribution in [1.82, 2.24) is 24.9 Å². The molecule has 11 aromatic carbocycles. The number of nitrogens with zero attached hydrogens (tertiary/aromatic N) is 5. The van der Waals surface area contributed by atoms with Crippen molar-refractivity contribution in [2.24, 2.45) is 0 Å². The number of benzene rings is 11. The van der Waals surface area contributed by atoms with Crippen molar-refractivity contribution in [1.29, 1.82) is 0 Å². The van der Waals surface area contributed by atoms with E-state index < -0.39 is 5.41 Å². The zero-order chi connectivity index (χ0) is 53.2. The van der Waals surface area contributed by atoms with E-state index in [1.165, 1.54) is 83.5 Å². The van der Waals surface area contributed by atoms with Crippen molar-refractivity contribution >= 4 is 0 Å². The Kier molecular flexibility index (Phi) is 9.98. The number of hydrogen-bond donors (Lipinski definition) is 0. The third kappa shape index (κ3) is 6.82. The van der Waals surface area contributed by atoms with E-state index in [9.17, 15) is 0 Å². The zero-order valence-corrected chi connectivity index (χ0v) is 43.9. The summed E-state index contributed by atoms with van der Waals surface area (Å²) in [5.74, 6) is 2.70. The molecule has 5 nitrogen and oxygen atoms in total. The molecular formula is C76H47N5. The summed E-state index contributed by atoms with van der Waals surface area (Å²) in [4.78, 5) is 26.1. The summed E-state index contributed by atoms with van der Waals surface area (Å²) in [5.41, 5.74) is 27.9. The van der Waals surface area contributed by atoms with E-state index in [1.807, 2.05) is 42.5 Å². The van der Waals surface area contributed by atoms with Crippen molar-refractivity contribution < 1.29 is 0 Å². The van der Waals surface area contributed by atoms with Crippen LogP contribution in [-0.4, -0.2) is 24.9 Å². The van der Waals surface area contributed by atoms with E-state index in [2.05, 4.69) is 231 Å². The molecule has 2 unspecified atom stereocenters. The van der Waals surface area contributed by atoms with Gasteiger partial charge in [0.15, 0.2) is 23.3 Å². The molecule has 5 heteroatoms. The molecular weight excluding hydrogens is 983 g/mol. The molecule has 0 saturated heterocycles. The highest BCUT2D eigenvalue weighted by molar-refractivity contribution is 5.99. The van der Waals surface area contributed by atoms with E-state index >= 15 is 0 Å². The largest absolute Gasteiger partial charge is 0.228 e. The maximum Gasteiger partial charge on any atom is 0.164 e. The molecule has 2 atom stereocenters. The van der Waals surface area contributed by atoms with Gasteiger partial charge in [0.2, 0.25) is 0 Å². The SMILES string of the molecule is c1ccc(-c2nc(-c3cccc(-c4cccc5c4C4(c6ccccc6-c6ccccc64)c4ccccc4-5)c3)cc(-c3ccc4c(c3)C3c5ccccc5C4c4cc(-c5nc(-c6ccccc6)nc(-c6ccccc6)n5)ccc43)n2)cc1. The summed E-state index contributed by atoms with van der Waals surface area (Å²) in [6.45, 7) is 0. The Morgan fingerprint density at radius 1 is 0.222 bits per heavy atom. The predicted molar refractivity (Wildman–Crippen MR) is 325 cm³/mol. The van der Waals surface area contributed by atoms with Crippen LogP contribution in [0.3, 0.4) is 0 Å². The number of aromatic nitrogens is 5. The molecule has 0 amide bonds. The average Bonchev–Trinajstić information content (AvgIpc) is 3.04. The molecule has 5 aliphatic carbocycles. The number of hydrogen-bond acceptors (Lipinski definition) is 5. The second-order valence-electron chi connectivity index (χ2n) is 21.7. The highest BCUT2D eigenvalue weighted by Gasteiger charge is 2.52. The molecule has 0 radical (unpaired) electrons. The Hall–Kier alpha value is -10.5. The topological polar surface area (TPSA) is 64.5 Å². The van der Waals surface area contributed by atoms with Crippen molar-refractivity contribution in [2.75, 3.05) is 0 Å². The van der Waals surface area contributed by atoms with Gasteiger partial charge >= 0.3 is 0 Å². The molecule has 2 heterocycles. The fourth-order valence-corrected chi connectivity index (χ4v) is 14.2. The summed E-state index contributed by atoms with van der Waals surface area (Å²) >= 11 is 0. The van der Waals surface area contributed by atoms with Crippen LogP contribution in [0.15, 0.2) is 273 Å². The molecule has 2 aromatic heterocycles. The van der Waals surface area contributed by atoms with Crippen LogP contribution in [0.4, 0.5) is 0 Å². The van der Waals surface area contributed by atoms with Crippen LogP contribution in [-0.2, 0) is 5.41 Å². The lowest BCUT2D eigenvalue weighted by atomic mass is 9.60. The fourth-order valence-electron chi connectivity index (χ4n) is 14.2. The molecule has 81 heavy (non-hydrogen) atoms. The van der Waals surface area contributed by atoms with Crippen LogP contribution in [0.5, 0.6) is 0 Å².